The van der Waals surface area contributed by atoms with Crippen molar-refractivity contribution in [2.45, 2.75) is 45.3 Å². The van der Waals surface area contributed by atoms with Gasteiger partial charge in [0.15, 0.2) is 0 Å². The van der Waals surface area contributed by atoms with Gasteiger partial charge < -0.3 is 15.0 Å². The van der Waals surface area contributed by atoms with Crippen molar-refractivity contribution in [3.05, 3.63) is 0 Å². The van der Waals surface area contributed by atoms with Crippen molar-refractivity contribution in [3.8, 4) is 0 Å². The molecule has 18 heavy (non-hydrogen) atoms. The van der Waals surface area contributed by atoms with Crippen LogP contribution in [-0.2, 0) is 14.3 Å². The Morgan fingerprint density at radius 1 is 1.44 bits per heavy atom. The fourth-order valence-electron chi connectivity index (χ4n) is 2.81. The van der Waals surface area contributed by atoms with Gasteiger partial charge in [-0.2, -0.15) is 0 Å². The van der Waals surface area contributed by atoms with E-state index in [-0.39, 0.29) is 17.9 Å². The lowest BCUT2D eigenvalue weighted by molar-refractivity contribution is -0.133. The molecule has 2 heterocycles. The van der Waals surface area contributed by atoms with Crippen LogP contribution in [0.5, 0.6) is 0 Å². The minimum atomic E-state index is -0.401. The average molecular weight is 254 g/mol. The third-order valence-corrected chi connectivity index (χ3v) is 3.87. The van der Waals surface area contributed by atoms with Gasteiger partial charge in [-0.1, -0.05) is 6.92 Å². The molecule has 2 saturated heterocycles. The zero-order valence-corrected chi connectivity index (χ0v) is 11.1. The van der Waals surface area contributed by atoms with E-state index >= 15 is 0 Å². The van der Waals surface area contributed by atoms with Crippen LogP contribution in [0.15, 0.2) is 0 Å². The Hall–Kier alpha value is -1.10. The van der Waals surface area contributed by atoms with Crippen LogP contribution < -0.4 is 5.32 Å². The highest BCUT2D eigenvalue weighted by Crippen LogP contribution is 2.24. The van der Waals surface area contributed by atoms with E-state index in [0.717, 1.165) is 26.0 Å². The van der Waals surface area contributed by atoms with Gasteiger partial charge in [0.1, 0.15) is 6.04 Å². The Bertz CT molecular complexity index is 332. The molecule has 3 unspecified atom stereocenters. The molecule has 2 aliphatic heterocycles. The zero-order valence-electron chi connectivity index (χ0n) is 11.1. The first-order chi connectivity index (χ1) is 8.61. The highest BCUT2D eigenvalue weighted by atomic mass is 16.5. The molecule has 2 rings (SSSR count). The molecule has 0 aliphatic carbocycles. The molecule has 0 aromatic carbocycles. The van der Waals surface area contributed by atoms with Gasteiger partial charge >= 0.3 is 0 Å². The Balaban J connectivity index is 1.98. The lowest BCUT2D eigenvalue weighted by atomic mass is 9.98. The second kappa shape index (κ2) is 5.69. The van der Waals surface area contributed by atoms with Crippen molar-refractivity contribution in [1.82, 2.24) is 10.2 Å². The Morgan fingerprint density at radius 2 is 2.22 bits per heavy atom. The standard InChI is InChI=1S/C13H22N2O3/c1-3-11-10(5-7-18-11)8-15-6-4-12(16)14-9(2)13(15)17/h9-11H,3-8H2,1-2H3,(H,14,16). The third-order valence-electron chi connectivity index (χ3n) is 3.87. The third kappa shape index (κ3) is 2.83. The van der Waals surface area contributed by atoms with E-state index in [2.05, 4.69) is 12.2 Å². The van der Waals surface area contributed by atoms with Crippen LogP contribution in [0.4, 0.5) is 0 Å². The lowest BCUT2D eigenvalue weighted by Crippen LogP contribution is -2.45. The fourth-order valence-corrected chi connectivity index (χ4v) is 2.81. The molecule has 2 aliphatic rings. The van der Waals surface area contributed by atoms with Gasteiger partial charge in [0.2, 0.25) is 11.8 Å². The van der Waals surface area contributed by atoms with Crippen molar-refractivity contribution in [3.63, 3.8) is 0 Å². The summed E-state index contributed by atoms with van der Waals surface area (Å²) in [6, 6.07) is -0.401. The first kappa shape index (κ1) is 13.3. The Morgan fingerprint density at radius 3 is 2.94 bits per heavy atom. The zero-order chi connectivity index (χ0) is 13.1. The van der Waals surface area contributed by atoms with E-state index in [0.29, 0.717) is 18.9 Å². The Kier molecular flexibility index (Phi) is 4.22. The molecule has 2 amide bonds. The number of hydrogen-bond acceptors (Lipinski definition) is 3. The largest absolute Gasteiger partial charge is 0.378 e. The van der Waals surface area contributed by atoms with Gasteiger partial charge in [0.25, 0.3) is 0 Å². The van der Waals surface area contributed by atoms with Crippen LogP contribution in [0.1, 0.15) is 33.1 Å². The second-order valence-electron chi connectivity index (χ2n) is 5.19. The van der Waals surface area contributed by atoms with Crippen LogP contribution >= 0.6 is 0 Å². The number of carbonyl (C=O) groups excluding carboxylic acids is 2. The molecule has 0 aromatic rings. The fraction of sp³-hybridized carbons (Fsp3) is 0.846. The Labute approximate surface area is 108 Å². The van der Waals surface area contributed by atoms with Gasteiger partial charge in [-0.25, -0.2) is 0 Å². The van der Waals surface area contributed by atoms with E-state index in [9.17, 15) is 9.59 Å². The predicted octanol–water partition coefficient (Wildman–Crippen LogP) is 0.539. The summed E-state index contributed by atoms with van der Waals surface area (Å²) in [6.07, 6.45) is 2.66. The topological polar surface area (TPSA) is 58.6 Å². The van der Waals surface area contributed by atoms with Gasteiger partial charge in [0, 0.05) is 32.0 Å². The summed E-state index contributed by atoms with van der Waals surface area (Å²) >= 11 is 0. The predicted molar refractivity (Wildman–Crippen MR) is 66.9 cm³/mol. The summed E-state index contributed by atoms with van der Waals surface area (Å²) < 4.78 is 5.65. The van der Waals surface area contributed by atoms with Crippen LogP contribution in [0.2, 0.25) is 0 Å². The maximum Gasteiger partial charge on any atom is 0.244 e. The van der Waals surface area contributed by atoms with Crippen LogP contribution in [0, 0.1) is 5.92 Å². The van der Waals surface area contributed by atoms with Crippen molar-refractivity contribution in [2.75, 3.05) is 19.7 Å². The van der Waals surface area contributed by atoms with Crippen molar-refractivity contribution >= 4 is 11.8 Å². The average Bonchev–Trinajstić information content (AvgIpc) is 2.75. The van der Waals surface area contributed by atoms with Crippen LogP contribution in [0.25, 0.3) is 0 Å². The SMILES string of the molecule is CCC1OCCC1CN1CCC(=O)NC(C)C1=O. The molecule has 5 nitrogen and oxygen atoms in total. The summed E-state index contributed by atoms with van der Waals surface area (Å²) in [5, 5.41) is 2.71. The molecule has 3 atom stereocenters. The minimum absolute atomic E-state index is 0.0302. The summed E-state index contributed by atoms with van der Waals surface area (Å²) in [6.45, 7) is 5.90. The van der Waals surface area contributed by atoms with E-state index in [1.54, 1.807) is 6.92 Å². The summed E-state index contributed by atoms with van der Waals surface area (Å²) in [5.74, 6) is 0.412. The highest BCUT2D eigenvalue weighted by Gasteiger charge is 2.33. The maximum absolute atomic E-state index is 12.1. The van der Waals surface area contributed by atoms with E-state index in [1.807, 2.05) is 4.90 Å². The number of hydrogen-bond donors (Lipinski definition) is 1. The first-order valence-corrected chi connectivity index (χ1v) is 6.81. The molecule has 0 aromatic heterocycles. The normalized spacial score (nSPS) is 33.4. The second-order valence-corrected chi connectivity index (χ2v) is 5.19. The molecule has 5 heteroatoms. The number of rotatable bonds is 3. The molecular formula is C13H22N2O3. The van der Waals surface area contributed by atoms with Gasteiger partial charge in [-0.15, -0.1) is 0 Å². The molecule has 2 fully saturated rings. The smallest absolute Gasteiger partial charge is 0.244 e. The molecule has 0 spiro atoms. The summed E-state index contributed by atoms with van der Waals surface area (Å²) in [4.78, 5) is 25.4. The molecule has 0 bridgehead atoms. The van der Waals surface area contributed by atoms with Crippen molar-refractivity contribution < 1.29 is 14.3 Å². The number of nitrogens with zero attached hydrogens (tertiary/aromatic N) is 1. The van der Waals surface area contributed by atoms with E-state index in [4.69, 9.17) is 4.74 Å². The maximum atomic E-state index is 12.1. The van der Waals surface area contributed by atoms with Gasteiger partial charge in [0.05, 0.1) is 6.10 Å². The van der Waals surface area contributed by atoms with E-state index in [1.165, 1.54) is 0 Å². The molecule has 0 radical (unpaired) electrons. The van der Waals surface area contributed by atoms with Gasteiger partial charge in [-0.3, -0.25) is 9.59 Å². The lowest BCUT2D eigenvalue weighted by Gasteiger charge is -2.27. The van der Waals surface area contributed by atoms with Gasteiger partial charge in [-0.05, 0) is 19.8 Å². The molecule has 1 N–H and O–H groups in total. The van der Waals surface area contributed by atoms with Crippen LogP contribution in [-0.4, -0.2) is 48.6 Å². The van der Waals surface area contributed by atoms with Crippen molar-refractivity contribution in [1.29, 1.82) is 0 Å². The van der Waals surface area contributed by atoms with E-state index < -0.39 is 6.04 Å². The number of amides is 2. The summed E-state index contributed by atoms with van der Waals surface area (Å²) in [7, 11) is 0. The molecular weight excluding hydrogens is 232 g/mol. The molecule has 102 valence electrons. The summed E-state index contributed by atoms with van der Waals surface area (Å²) in [5.41, 5.74) is 0. The number of ether oxygens (including phenoxy) is 1. The van der Waals surface area contributed by atoms with Crippen LogP contribution in [0.3, 0.4) is 0 Å². The minimum Gasteiger partial charge on any atom is -0.378 e. The number of nitrogens with one attached hydrogen (secondary N) is 1. The first-order valence-electron chi connectivity index (χ1n) is 6.81. The quantitative estimate of drug-likeness (QED) is 0.799. The van der Waals surface area contributed by atoms with Crippen molar-refractivity contribution in [2.24, 2.45) is 5.92 Å². The monoisotopic (exact) mass is 254 g/mol. The molecule has 0 saturated carbocycles. The highest BCUT2D eigenvalue weighted by molar-refractivity contribution is 5.89. The number of carbonyl (C=O) groups is 2.